The number of amides is 1. The van der Waals surface area contributed by atoms with E-state index in [0.717, 1.165) is 45.3 Å². The second-order valence-corrected chi connectivity index (χ2v) is 6.50. The summed E-state index contributed by atoms with van der Waals surface area (Å²) < 4.78 is 0. The van der Waals surface area contributed by atoms with Gasteiger partial charge in [-0.25, -0.2) is 0 Å². The molecule has 4 nitrogen and oxygen atoms in total. The first kappa shape index (κ1) is 14.8. The van der Waals surface area contributed by atoms with Gasteiger partial charge in [-0.1, -0.05) is 12.8 Å². The zero-order valence-corrected chi connectivity index (χ0v) is 12.5. The van der Waals surface area contributed by atoms with E-state index in [4.69, 9.17) is 5.73 Å². The van der Waals surface area contributed by atoms with E-state index in [2.05, 4.69) is 23.9 Å². The number of carbonyl (C=O) groups excluding carboxylic acids is 1. The number of rotatable bonds is 4. The average molecular weight is 267 g/mol. The molecule has 0 spiro atoms. The molecule has 1 saturated carbocycles. The normalized spacial score (nSPS) is 32.0. The summed E-state index contributed by atoms with van der Waals surface area (Å²) in [4.78, 5) is 16.9. The monoisotopic (exact) mass is 267 g/mol. The van der Waals surface area contributed by atoms with Crippen molar-refractivity contribution in [1.29, 1.82) is 0 Å². The highest BCUT2D eigenvalue weighted by Gasteiger charge is 2.34. The number of hydrogen-bond donors (Lipinski definition) is 1. The van der Waals surface area contributed by atoms with Crippen molar-refractivity contribution >= 4 is 5.91 Å². The van der Waals surface area contributed by atoms with Gasteiger partial charge in [-0.15, -0.1) is 0 Å². The quantitative estimate of drug-likeness (QED) is 0.835. The van der Waals surface area contributed by atoms with E-state index in [1.54, 1.807) is 0 Å². The van der Waals surface area contributed by atoms with Crippen LogP contribution in [0.3, 0.4) is 0 Å². The first-order valence-electron chi connectivity index (χ1n) is 7.77. The Labute approximate surface area is 117 Å². The van der Waals surface area contributed by atoms with Crippen LogP contribution in [0.25, 0.3) is 0 Å². The standard InChI is InChI=1S/C15H29N3O/c1-17(2)14-7-9-18(11-14)15(19)13-5-3-4-12(10-13)6-8-16/h12-14H,3-11,16H2,1-2H3. The van der Waals surface area contributed by atoms with Gasteiger partial charge in [0.2, 0.25) is 5.91 Å². The van der Waals surface area contributed by atoms with Gasteiger partial charge in [0.1, 0.15) is 0 Å². The zero-order chi connectivity index (χ0) is 13.8. The number of hydrogen-bond acceptors (Lipinski definition) is 3. The van der Waals surface area contributed by atoms with Crippen LogP contribution in [-0.2, 0) is 4.79 Å². The van der Waals surface area contributed by atoms with Gasteiger partial charge < -0.3 is 15.5 Å². The minimum atomic E-state index is 0.270. The Bertz CT molecular complexity index is 304. The van der Waals surface area contributed by atoms with Gasteiger partial charge in [0.05, 0.1) is 0 Å². The van der Waals surface area contributed by atoms with Crippen molar-refractivity contribution in [2.75, 3.05) is 33.7 Å². The predicted octanol–water partition coefficient (Wildman–Crippen LogP) is 1.30. The summed E-state index contributed by atoms with van der Waals surface area (Å²) in [6.45, 7) is 2.63. The van der Waals surface area contributed by atoms with E-state index in [1.807, 2.05) is 0 Å². The minimum absolute atomic E-state index is 0.270. The Hall–Kier alpha value is -0.610. The van der Waals surface area contributed by atoms with Gasteiger partial charge in [-0.2, -0.15) is 0 Å². The van der Waals surface area contributed by atoms with Gasteiger partial charge in [-0.3, -0.25) is 4.79 Å². The topological polar surface area (TPSA) is 49.6 Å². The molecule has 2 N–H and O–H groups in total. The largest absolute Gasteiger partial charge is 0.341 e. The molecule has 1 heterocycles. The Morgan fingerprint density at radius 3 is 2.74 bits per heavy atom. The second kappa shape index (κ2) is 6.71. The SMILES string of the molecule is CN(C)C1CCN(C(=O)C2CCCC(CCN)C2)C1. The van der Waals surface area contributed by atoms with Gasteiger partial charge in [0.25, 0.3) is 0 Å². The van der Waals surface area contributed by atoms with E-state index < -0.39 is 0 Å². The van der Waals surface area contributed by atoms with Crippen LogP contribution in [0.4, 0.5) is 0 Å². The summed E-state index contributed by atoms with van der Waals surface area (Å²) in [7, 11) is 4.22. The van der Waals surface area contributed by atoms with Crippen molar-refractivity contribution in [3.05, 3.63) is 0 Å². The third-order valence-corrected chi connectivity index (χ3v) is 4.91. The lowest BCUT2D eigenvalue weighted by Gasteiger charge is -2.31. The van der Waals surface area contributed by atoms with Gasteiger partial charge >= 0.3 is 0 Å². The summed E-state index contributed by atoms with van der Waals surface area (Å²) in [6, 6.07) is 0.548. The summed E-state index contributed by atoms with van der Waals surface area (Å²) in [6.07, 6.45) is 6.83. The molecule has 0 aromatic carbocycles. The maximum atomic E-state index is 12.6. The van der Waals surface area contributed by atoms with Crippen molar-refractivity contribution in [1.82, 2.24) is 9.80 Å². The van der Waals surface area contributed by atoms with E-state index in [-0.39, 0.29) is 5.92 Å². The molecule has 3 unspecified atom stereocenters. The Morgan fingerprint density at radius 2 is 2.11 bits per heavy atom. The molecule has 1 amide bonds. The number of nitrogens with two attached hydrogens (primary N) is 1. The molecule has 2 aliphatic rings. The molecular weight excluding hydrogens is 238 g/mol. The third kappa shape index (κ3) is 3.69. The molecule has 0 aromatic rings. The zero-order valence-electron chi connectivity index (χ0n) is 12.5. The Morgan fingerprint density at radius 1 is 1.32 bits per heavy atom. The molecule has 0 bridgehead atoms. The summed E-state index contributed by atoms with van der Waals surface area (Å²) >= 11 is 0. The molecule has 3 atom stereocenters. The van der Waals surface area contributed by atoms with Gasteiger partial charge in [0, 0.05) is 25.0 Å². The molecule has 2 rings (SSSR count). The molecule has 0 aromatic heterocycles. The van der Waals surface area contributed by atoms with Crippen molar-refractivity contribution in [2.24, 2.45) is 17.6 Å². The lowest BCUT2D eigenvalue weighted by atomic mass is 9.79. The summed E-state index contributed by atoms with van der Waals surface area (Å²) in [5.41, 5.74) is 5.65. The summed E-state index contributed by atoms with van der Waals surface area (Å²) in [5, 5.41) is 0. The fourth-order valence-corrected chi connectivity index (χ4v) is 3.63. The van der Waals surface area contributed by atoms with Crippen molar-refractivity contribution in [2.45, 2.75) is 44.6 Å². The van der Waals surface area contributed by atoms with Crippen molar-refractivity contribution in [3.63, 3.8) is 0 Å². The van der Waals surface area contributed by atoms with Gasteiger partial charge in [0.15, 0.2) is 0 Å². The molecule has 19 heavy (non-hydrogen) atoms. The Balaban J connectivity index is 1.86. The van der Waals surface area contributed by atoms with Crippen molar-refractivity contribution < 1.29 is 4.79 Å². The Kier molecular flexibility index (Phi) is 5.22. The molecule has 1 aliphatic heterocycles. The number of likely N-dealkylation sites (tertiary alicyclic amines) is 1. The maximum absolute atomic E-state index is 12.6. The van der Waals surface area contributed by atoms with Crippen LogP contribution in [-0.4, -0.2) is 55.5 Å². The number of carbonyl (C=O) groups is 1. The molecule has 4 heteroatoms. The molecule has 0 radical (unpaired) electrons. The van der Waals surface area contributed by atoms with E-state index in [1.165, 1.54) is 12.8 Å². The molecular formula is C15H29N3O. The highest BCUT2D eigenvalue weighted by atomic mass is 16.2. The number of nitrogens with zero attached hydrogens (tertiary/aromatic N) is 2. The smallest absolute Gasteiger partial charge is 0.225 e. The lowest BCUT2D eigenvalue weighted by Crippen LogP contribution is -2.39. The van der Waals surface area contributed by atoms with Crippen LogP contribution < -0.4 is 5.73 Å². The van der Waals surface area contributed by atoms with Crippen LogP contribution in [0.2, 0.25) is 0 Å². The van der Waals surface area contributed by atoms with Crippen LogP contribution in [0.5, 0.6) is 0 Å². The fourth-order valence-electron chi connectivity index (χ4n) is 3.63. The first-order chi connectivity index (χ1) is 9.11. The predicted molar refractivity (Wildman–Crippen MR) is 77.8 cm³/mol. The van der Waals surface area contributed by atoms with Crippen LogP contribution in [0.1, 0.15) is 38.5 Å². The number of likely N-dealkylation sites (N-methyl/N-ethyl adjacent to an activating group) is 1. The molecule has 110 valence electrons. The average Bonchev–Trinajstić information content (AvgIpc) is 2.88. The van der Waals surface area contributed by atoms with E-state index in [0.29, 0.717) is 17.9 Å². The lowest BCUT2D eigenvalue weighted by molar-refractivity contribution is -0.136. The van der Waals surface area contributed by atoms with Crippen molar-refractivity contribution in [3.8, 4) is 0 Å². The second-order valence-electron chi connectivity index (χ2n) is 6.50. The molecule has 2 fully saturated rings. The maximum Gasteiger partial charge on any atom is 0.225 e. The summed E-state index contributed by atoms with van der Waals surface area (Å²) in [5.74, 6) is 1.36. The van der Waals surface area contributed by atoms with Crippen LogP contribution >= 0.6 is 0 Å². The van der Waals surface area contributed by atoms with E-state index in [9.17, 15) is 4.79 Å². The fraction of sp³-hybridized carbons (Fsp3) is 0.933. The highest BCUT2D eigenvalue weighted by Crippen LogP contribution is 2.32. The van der Waals surface area contributed by atoms with Crippen LogP contribution in [0, 0.1) is 11.8 Å². The van der Waals surface area contributed by atoms with E-state index >= 15 is 0 Å². The van der Waals surface area contributed by atoms with Crippen LogP contribution in [0.15, 0.2) is 0 Å². The molecule has 1 aliphatic carbocycles. The van der Waals surface area contributed by atoms with Gasteiger partial charge in [-0.05, 0) is 52.2 Å². The first-order valence-corrected chi connectivity index (χ1v) is 7.77. The minimum Gasteiger partial charge on any atom is -0.341 e. The third-order valence-electron chi connectivity index (χ3n) is 4.91. The highest BCUT2D eigenvalue weighted by molar-refractivity contribution is 5.79. The molecule has 1 saturated heterocycles.